The summed E-state index contributed by atoms with van der Waals surface area (Å²) < 4.78 is 35.4. The van der Waals surface area contributed by atoms with Crippen LogP contribution in [0.25, 0.3) is 0 Å². The number of halogens is 3. The largest absolute Gasteiger partial charge is 0.401 e. The summed E-state index contributed by atoms with van der Waals surface area (Å²) in [4.78, 5) is 1.12. The van der Waals surface area contributed by atoms with Crippen molar-refractivity contribution in [2.45, 2.75) is 18.0 Å². The zero-order valence-electron chi connectivity index (χ0n) is 8.97. The van der Waals surface area contributed by atoms with E-state index in [1.165, 1.54) is 0 Å². The second-order valence-corrected chi connectivity index (χ2v) is 4.54. The van der Waals surface area contributed by atoms with E-state index in [1.807, 2.05) is 31.2 Å². The molecule has 0 aliphatic rings. The second kappa shape index (κ2) is 6.15. The highest BCUT2D eigenvalue weighted by Crippen LogP contribution is 2.21. The summed E-state index contributed by atoms with van der Waals surface area (Å²) in [5, 5.41) is 2.37. The molecule has 0 aliphatic carbocycles. The minimum Gasteiger partial charge on any atom is -0.308 e. The average Bonchev–Trinajstić information content (AvgIpc) is 2.18. The Morgan fingerprint density at radius 2 is 1.94 bits per heavy atom. The normalized spacial score (nSPS) is 11.8. The zero-order chi connectivity index (χ0) is 12.0. The summed E-state index contributed by atoms with van der Waals surface area (Å²) in [7, 11) is 0. The third-order valence-corrected chi connectivity index (χ3v) is 3.13. The zero-order valence-corrected chi connectivity index (χ0v) is 9.79. The standard InChI is InChI=1S/C11H14F3NS/c1-9-4-2-3-5-10(9)16-7-6-15-8-11(12,13)14/h2-5,15H,6-8H2,1H3. The van der Waals surface area contributed by atoms with Gasteiger partial charge in [-0.05, 0) is 18.6 Å². The highest BCUT2D eigenvalue weighted by molar-refractivity contribution is 7.99. The predicted octanol–water partition coefficient (Wildman–Crippen LogP) is 3.24. The Morgan fingerprint density at radius 3 is 2.56 bits per heavy atom. The number of thioether (sulfide) groups is 1. The van der Waals surface area contributed by atoms with Gasteiger partial charge in [0.2, 0.25) is 0 Å². The molecule has 90 valence electrons. The van der Waals surface area contributed by atoms with Crippen LogP contribution in [-0.2, 0) is 0 Å². The maximum Gasteiger partial charge on any atom is 0.401 e. The van der Waals surface area contributed by atoms with Gasteiger partial charge in [0.1, 0.15) is 0 Å². The summed E-state index contributed by atoms with van der Waals surface area (Å²) in [6.45, 7) is 1.44. The highest BCUT2D eigenvalue weighted by Gasteiger charge is 2.25. The van der Waals surface area contributed by atoms with Crippen LogP contribution in [0, 0.1) is 6.92 Å². The molecular weight excluding hydrogens is 235 g/mol. The molecule has 0 saturated heterocycles. The highest BCUT2D eigenvalue weighted by atomic mass is 32.2. The lowest BCUT2D eigenvalue weighted by Gasteiger charge is -2.08. The molecule has 1 nitrogen and oxygen atoms in total. The molecule has 1 aromatic carbocycles. The van der Waals surface area contributed by atoms with Crippen molar-refractivity contribution in [3.63, 3.8) is 0 Å². The van der Waals surface area contributed by atoms with Gasteiger partial charge < -0.3 is 5.32 Å². The molecule has 0 bridgehead atoms. The Labute approximate surface area is 97.4 Å². The molecule has 0 unspecified atom stereocenters. The third-order valence-electron chi connectivity index (χ3n) is 1.96. The first-order valence-electron chi connectivity index (χ1n) is 4.95. The van der Waals surface area contributed by atoms with Crippen molar-refractivity contribution in [2.75, 3.05) is 18.8 Å². The van der Waals surface area contributed by atoms with Crippen molar-refractivity contribution < 1.29 is 13.2 Å². The third kappa shape index (κ3) is 5.42. The Balaban J connectivity index is 2.19. The van der Waals surface area contributed by atoms with E-state index in [1.54, 1.807) is 11.8 Å². The fraction of sp³-hybridized carbons (Fsp3) is 0.455. The summed E-state index contributed by atoms with van der Waals surface area (Å²) in [6, 6.07) is 7.84. The summed E-state index contributed by atoms with van der Waals surface area (Å²) >= 11 is 1.57. The van der Waals surface area contributed by atoms with E-state index in [0.29, 0.717) is 12.3 Å². The first kappa shape index (κ1) is 13.4. The minimum atomic E-state index is -4.12. The number of hydrogen-bond donors (Lipinski definition) is 1. The molecule has 0 heterocycles. The quantitative estimate of drug-likeness (QED) is 0.635. The number of benzene rings is 1. The summed E-state index contributed by atoms with van der Waals surface area (Å²) in [5.74, 6) is 0.640. The first-order valence-corrected chi connectivity index (χ1v) is 5.93. The average molecular weight is 249 g/mol. The van der Waals surface area contributed by atoms with Gasteiger partial charge in [-0.1, -0.05) is 18.2 Å². The van der Waals surface area contributed by atoms with Crippen molar-refractivity contribution in [2.24, 2.45) is 0 Å². The second-order valence-electron chi connectivity index (χ2n) is 3.41. The van der Waals surface area contributed by atoms with Crippen molar-refractivity contribution >= 4 is 11.8 Å². The molecule has 5 heteroatoms. The lowest BCUT2D eigenvalue weighted by molar-refractivity contribution is -0.124. The summed E-state index contributed by atoms with van der Waals surface area (Å²) in [5.41, 5.74) is 1.16. The van der Waals surface area contributed by atoms with Gasteiger partial charge in [-0.3, -0.25) is 0 Å². The molecule has 0 aromatic heterocycles. The molecule has 0 atom stereocenters. The molecule has 0 amide bonds. The van der Waals surface area contributed by atoms with Gasteiger partial charge >= 0.3 is 6.18 Å². The van der Waals surface area contributed by atoms with Crippen LogP contribution in [0.4, 0.5) is 13.2 Å². The maximum absolute atomic E-state index is 11.8. The SMILES string of the molecule is Cc1ccccc1SCCNCC(F)(F)F. The van der Waals surface area contributed by atoms with E-state index in [-0.39, 0.29) is 0 Å². The monoisotopic (exact) mass is 249 g/mol. The Bertz CT molecular complexity index is 325. The van der Waals surface area contributed by atoms with Crippen molar-refractivity contribution in [3.05, 3.63) is 29.8 Å². The molecule has 1 rings (SSSR count). The number of hydrogen-bond acceptors (Lipinski definition) is 2. The topological polar surface area (TPSA) is 12.0 Å². The predicted molar refractivity (Wildman–Crippen MR) is 60.8 cm³/mol. The van der Waals surface area contributed by atoms with Gasteiger partial charge in [0.15, 0.2) is 0 Å². The molecule has 16 heavy (non-hydrogen) atoms. The molecule has 0 fully saturated rings. The smallest absolute Gasteiger partial charge is 0.308 e. The van der Waals surface area contributed by atoms with Gasteiger partial charge in [-0.25, -0.2) is 0 Å². The molecule has 1 N–H and O–H groups in total. The fourth-order valence-electron chi connectivity index (χ4n) is 1.18. The van der Waals surface area contributed by atoms with Gasteiger partial charge in [0.25, 0.3) is 0 Å². The summed E-state index contributed by atoms with van der Waals surface area (Å²) in [6.07, 6.45) is -4.12. The number of aryl methyl sites for hydroxylation is 1. The van der Waals surface area contributed by atoms with Gasteiger partial charge in [-0.15, -0.1) is 11.8 Å². The van der Waals surface area contributed by atoms with E-state index < -0.39 is 12.7 Å². The van der Waals surface area contributed by atoms with E-state index in [9.17, 15) is 13.2 Å². The first-order chi connectivity index (χ1) is 7.49. The van der Waals surface area contributed by atoms with Crippen LogP contribution in [0.2, 0.25) is 0 Å². The van der Waals surface area contributed by atoms with Crippen molar-refractivity contribution in [1.82, 2.24) is 5.32 Å². The van der Waals surface area contributed by atoms with Crippen LogP contribution in [0.5, 0.6) is 0 Å². The Morgan fingerprint density at radius 1 is 1.25 bits per heavy atom. The lowest BCUT2D eigenvalue weighted by atomic mass is 10.2. The Kier molecular flexibility index (Phi) is 5.15. The van der Waals surface area contributed by atoms with Gasteiger partial charge in [0.05, 0.1) is 6.54 Å². The van der Waals surface area contributed by atoms with E-state index in [4.69, 9.17) is 0 Å². The number of nitrogens with one attached hydrogen (secondary N) is 1. The molecule has 1 aromatic rings. The molecule has 0 spiro atoms. The molecule has 0 aliphatic heterocycles. The number of alkyl halides is 3. The molecular formula is C11H14F3NS. The molecule has 0 radical (unpaired) electrons. The lowest BCUT2D eigenvalue weighted by Crippen LogP contribution is -2.30. The minimum absolute atomic E-state index is 0.360. The van der Waals surface area contributed by atoms with E-state index >= 15 is 0 Å². The van der Waals surface area contributed by atoms with Crippen LogP contribution in [0.3, 0.4) is 0 Å². The van der Waals surface area contributed by atoms with Gasteiger partial charge in [-0.2, -0.15) is 13.2 Å². The van der Waals surface area contributed by atoms with Crippen molar-refractivity contribution in [1.29, 1.82) is 0 Å². The fourth-order valence-corrected chi connectivity index (χ4v) is 2.12. The van der Waals surface area contributed by atoms with Crippen LogP contribution < -0.4 is 5.32 Å². The maximum atomic E-state index is 11.8. The van der Waals surface area contributed by atoms with Crippen LogP contribution in [-0.4, -0.2) is 25.0 Å². The molecule has 0 saturated carbocycles. The van der Waals surface area contributed by atoms with Crippen molar-refractivity contribution in [3.8, 4) is 0 Å². The van der Waals surface area contributed by atoms with E-state index in [2.05, 4.69) is 5.32 Å². The van der Waals surface area contributed by atoms with Gasteiger partial charge in [0, 0.05) is 17.2 Å². The Hall–Kier alpha value is -0.680. The van der Waals surface area contributed by atoms with Crippen LogP contribution in [0.15, 0.2) is 29.2 Å². The number of rotatable bonds is 5. The van der Waals surface area contributed by atoms with Crippen LogP contribution in [0.1, 0.15) is 5.56 Å². The van der Waals surface area contributed by atoms with E-state index in [0.717, 1.165) is 10.5 Å². The van der Waals surface area contributed by atoms with Crippen LogP contribution >= 0.6 is 11.8 Å².